The summed E-state index contributed by atoms with van der Waals surface area (Å²) < 4.78 is 5.74. The number of nitrogens with one attached hydrogen (secondary N) is 1. The van der Waals surface area contributed by atoms with Crippen LogP contribution in [0.15, 0.2) is 36.4 Å². The Kier molecular flexibility index (Phi) is 8.14. The van der Waals surface area contributed by atoms with E-state index >= 15 is 0 Å². The van der Waals surface area contributed by atoms with Gasteiger partial charge in [0.2, 0.25) is 0 Å². The third kappa shape index (κ3) is 6.11. The lowest BCUT2D eigenvalue weighted by Crippen LogP contribution is -2.37. The Hall–Kier alpha value is -1.36. The molecule has 0 bridgehead atoms. The molecule has 2 rings (SSSR count). The molecule has 1 atom stereocenters. The van der Waals surface area contributed by atoms with E-state index in [1.165, 1.54) is 0 Å². The molecule has 1 amide bonds. The van der Waals surface area contributed by atoms with Gasteiger partial charge in [0.1, 0.15) is 5.75 Å². The fourth-order valence-electron chi connectivity index (χ4n) is 2.42. The fraction of sp³-hybridized carbons (Fsp3) is 0.350. The van der Waals surface area contributed by atoms with Crippen LogP contribution in [0.4, 0.5) is 0 Å². The van der Waals surface area contributed by atoms with Crippen molar-refractivity contribution in [2.24, 2.45) is 0 Å². The van der Waals surface area contributed by atoms with Crippen LogP contribution in [0.25, 0.3) is 0 Å². The average molecular weight is 412 g/mol. The number of carbonyl (C=O) groups is 1. The number of rotatable bonds is 8. The maximum Gasteiger partial charge on any atom is 0.260 e. The molecule has 0 heterocycles. The van der Waals surface area contributed by atoms with E-state index in [0.717, 1.165) is 38.2 Å². The molecule has 0 unspecified atom stereocenters. The Labute approximate surface area is 169 Å². The van der Waals surface area contributed by atoms with Crippen molar-refractivity contribution in [1.29, 1.82) is 0 Å². The summed E-state index contributed by atoms with van der Waals surface area (Å²) in [6, 6.07) is 11.5. The number of hydrogen-bond donors (Lipinski definition) is 1. The molecule has 2 aromatic rings. The zero-order chi connectivity index (χ0) is 19.1. The van der Waals surface area contributed by atoms with E-state index in [9.17, 15) is 4.79 Å². The summed E-state index contributed by atoms with van der Waals surface area (Å²) in [4.78, 5) is 12.2. The van der Waals surface area contributed by atoms with E-state index < -0.39 is 6.10 Å². The molecule has 0 aliphatic rings. The van der Waals surface area contributed by atoms with Crippen LogP contribution in [0.3, 0.4) is 0 Å². The van der Waals surface area contributed by atoms with Crippen LogP contribution in [-0.2, 0) is 10.5 Å². The highest BCUT2D eigenvalue weighted by molar-refractivity contribution is 7.98. The third-order valence-corrected chi connectivity index (χ3v) is 5.83. The van der Waals surface area contributed by atoms with Gasteiger partial charge in [-0.05, 0) is 55.7 Å². The summed E-state index contributed by atoms with van der Waals surface area (Å²) >= 11 is 14.0. The van der Waals surface area contributed by atoms with Crippen molar-refractivity contribution >= 4 is 40.9 Å². The number of benzene rings is 2. The topological polar surface area (TPSA) is 38.3 Å². The van der Waals surface area contributed by atoms with Gasteiger partial charge in [0, 0.05) is 28.1 Å². The highest BCUT2D eigenvalue weighted by Gasteiger charge is 2.15. The van der Waals surface area contributed by atoms with E-state index in [1.54, 1.807) is 18.7 Å². The summed E-state index contributed by atoms with van der Waals surface area (Å²) in [5.41, 5.74) is 2.98. The normalized spacial score (nSPS) is 11.9. The lowest BCUT2D eigenvalue weighted by molar-refractivity contribution is -0.127. The minimum absolute atomic E-state index is 0.131. The lowest BCUT2D eigenvalue weighted by Gasteiger charge is -2.16. The minimum Gasteiger partial charge on any atom is -0.481 e. The largest absolute Gasteiger partial charge is 0.481 e. The molecule has 3 nitrogen and oxygen atoms in total. The first-order chi connectivity index (χ1) is 12.4. The predicted molar refractivity (Wildman–Crippen MR) is 112 cm³/mol. The van der Waals surface area contributed by atoms with Gasteiger partial charge in [-0.3, -0.25) is 4.79 Å². The standard InChI is InChI=1S/C20H23Cl2NO2S/c1-13-10-17(11-14(2)19(13)22)25-15(3)20(24)23-8-9-26-12-16-6-4-5-7-18(16)21/h4-7,10-11,15H,8-9,12H2,1-3H3,(H,23,24)/t15-/m1/s1. The van der Waals surface area contributed by atoms with E-state index in [1.807, 2.05) is 50.2 Å². The van der Waals surface area contributed by atoms with E-state index in [0.29, 0.717) is 12.3 Å². The maximum absolute atomic E-state index is 12.2. The van der Waals surface area contributed by atoms with Crippen molar-refractivity contribution in [2.75, 3.05) is 12.3 Å². The van der Waals surface area contributed by atoms with Gasteiger partial charge in [-0.25, -0.2) is 0 Å². The first kappa shape index (κ1) is 20.9. The van der Waals surface area contributed by atoms with E-state index in [-0.39, 0.29) is 5.91 Å². The molecule has 0 saturated heterocycles. The van der Waals surface area contributed by atoms with E-state index in [2.05, 4.69) is 5.32 Å². The van der Waals surface area contributed by atoms with Crippen LogP contribution in [0.5, 0.6) is 5.75 Å². The summed E-state index contributed by atoms with van der Waals surface area (Å²) in [6.45, 7) is 6.16. The SMILES string of the molecule is Cc1cc(O[C@H](C)C(=O)NCCSCc2ccccc2Cl)cc(C)c1Cl. The van der Waals surface area contributed by atoms with Crippen molar-refractivity contribution < 1.29 is 9.53 Å². The van der Waals surface area contributed by atoms with Crippen LogP contribution in [0, 0.1) is 13.8 Å². The molecular formula is C20H23Cl2NO2S. The van der Waals surface area contributed by atoms with Crippen molar-refractivity contribution in [3.63, 3.8) is 0 Å². The van der Waals surface area contributed by atoms with Gasteiger partial charge in [0.05, 0.1) is 0 Å². The molecule has 0 spiro atoms. The first-order valence-electron chi connectivity index (χ1n) is 8.40. The van der Waals surface area contributed by atoms with Crippen LogP contribution in [0.2, 0.25) is 10.0 Å². The van der Waals surface area contributed by atoms with Crippen LogP contribution in [-0.4, -0.2) is 24.3 Å². The van der Waals surface area contributed by atoms with Crippen LogP contribution in [0.1, 0.15) is 23.6 Å². The van der Waals surface area contributed by atoms with E-state index in [4.69, 9.17) is 27.9 Å². The molecular weight excluding hydrogens is 389 g/mol. The van der Waals surface area contributed by atoms with Crippen molar-refractivity contribution in [1.82, 2.24) is 5.32 Å². The third-order valence-electron chi connectivity index (χ3n) is 3.85. The Morgan fingerprint density at radius 2 is 1.85 bits per heavy atom. The predicted octanol–water partition coefficient (Wildman–Crippen LogP) is 5.43. The molecule has 0 aliphatic carbocycles. The second-order valence-electron chi connectivity index (χ2n) is 6.07. The number of halogens is 2. The van der Waals surface area contributed by atoms with Gasteiger partial charge in [-0.1, -0.05) is 41.4 Å². The maximum atomic E-state index is 12.2. The molecule has 0 aromatic heterocycles. The molecule has 1 N–H and O–H groups in total. The average Bonchev–Trinajstić information content (AvgIpc) is 2.60. The molecule has 6 heteroatoms. The van der Waals surface area contributed by atoms with Gasteiger partial charge in [-0.2, -0.15) is 11.8 Å². The smallest absolute Gasteiger partial charge is 0.260 e. The van der Waals surface area contributed by atoms with Crippen LogP contribution >= 0.6 is 35.0 Å². The van der Waals surface area contributed by atoms with Gasteiger partial charge in [0.15, 0.2) is 6.10 Å². The molecule has 0 aliphatic heterocycles. The molecule has 0 saturated carbocycles. The number of amides is 1. The zero-order valence-electron chi connectivity index (χ0n) is 15.1. The second kappa shape index (κ2) is 10.1. The lowest BCUT2D eigenvalue weighted by atomic mass is 10.1. The molecule has 140 valence electrons. The van der Waals surface area contributed by atoms with Crippen molar-refractivity contribution in [2.45, 2.75) is 32.6 Å². The molecule has 2 aromatic carbocycles. The Balaban J connectivity index is 1.73. The number of thioether (sulfide) groups is 1. The monoisotopic (exact) mass is 411 g/mol. The number of aryl methyl sites for hydroxylation is 2. The fourth-order valence-corrected chi connectivity index (χ4v) is 3.67. The van der Waals surface area contributed by atoms with Crippen LogP contribution < -0.4 is 10.1 Å². The van der Waals surface area contributed by atoms with Crippen molar-refractivity contribution in [3.05, 3.63) is 63.1 Å². The quantitative estimate of drug-likeness (QED) is 0.588. The number of ether oxygens (including phenoxy) is 1. The Morgan fingerprint density at radius 1 is 1.19 bits per heavy atom. The van der Waals surface area contributed by atoms with Gasteiger partial charge < -0.3 is 10.1 Å². The Bertz CT molecular complexity index is 744. The highest BCUT2D eigenvalue weighted by atomic mass is 35.5. The molecule has 26 heavy (non-hydrogen) atoms. The Morgan fingerprint density at radius 3 is 2.50 bits per heavy atom. The molecule has 0 fully saturated rings. The van der Waals surface area contributed by atoms with Gasteiger partial charge in [0.25, 0.3) is 5.91 Å². The summed E-state index contributed by atoms with van der Waals surface area (Å²) in [5, 5.41) is 4.40. The number of hydrogen-bond acceptors (Lipinski definition) is 3. The summed E-state index contributed by atoms with van der Waals surface area (Å²) in [7, 11) is 0. The summed E-state index contributed by atoms with van der Waals surface area (Å²) in [6.07, 6.45) is -0.566. The minimum atomic E-state index is -0.566. The summed E-state index contributed by atoms with van der Waals surface area (Å²) in [5.74, 6) is 2.15. The highest BCUT2D eigenvalue weighted by Crippen LogP contribution is 2.26. The first-order valence-corrected chi connectivity index (χ1v) is 10.3. The zero-order valence-corrected chi connectivity index (χ0v) is 17.5. The van der Waals surface area contributed by atoms with Gasteiger partial charge >= 0.3 is 0 Å². The second-order valence-corrected chi connectivity index (χ2v) is 7.96. The van der Waals surface area contributed by atoms with Crippen molar-refractivity contribution in [3.8, 4) is 5.75 Å². The number of carbonyl (C=O) groups excluding carboxylic acids is 1. The van der Waals surface area contributed by atoms with Gasteiger partial charge in [-0.15, -0.1) is 0 Å². The molecule has 0 radical (unpaired) electrons.